The molecule has 0 aliphatic carbocycles. The monoisotopic (exact) mass is 581 g/mol. The lowest BCUT2D eigenvalue weighted by Gasteiger charge is -2.29. The second-order valence-electron chi connectivity index (χ2n) is 9.84. The molecule has 0 radical (unpaired) electrons. The molecule has 0 saturated heterocycles. The highest BCUT2D eigenvalue weighted by molar-refractivity contribution is 7.09. The summed E-state index contributed by atoms with van der Waals surface area (Å²) >= 11 is 1.59. The van der Waals surface area contributed by atoms with E-state index in [0.717, 1.165) is 10.4 Å². The standard InChI is InChI=1S/C31H39N3O6S/c1-6-40-30(36)24-10-12-25(13-11-24)32-31(37)34(19-22(2)3)21-29(35)33(20-26-8-7-17-41-26)16-15-23-9-14-27(38-4)28(18-23)39-5/h7-14,17-18,22H,6,15-16,19-21H2,1-5H3,(H,32,37). The van der Waals surface area contributed by atoms with Gasteiger partial charge in [0.2, 0.25) is 5.91 Å². The van der Waals surface area contributed by atoms with Gasteiger partial charge in [0.15, 0.2) is 11.5 Å². The van der Waals surface area contributed by atoms with Crippen LogP contribution in [0, 0.1) is 5.92 Å². The Morgan fingerprint density at radius 3 is 2.29 bits per heavy atom. The van der Waals surface area contributed by atoms with Gasteiger partial charge in [-0.25, -0.2) is 9.59 Å². The highest BCUT2D eigenvalue weighted by Crippen LogP contribution is 2.28. The van der Waals surface area contributed by atoms with Crippen LogP contribution in [-0.4, -0.2) is 68.2 Å². The lowest BCUT2D eigenvalue weighted by atomic mass is 10.1. The fourth-order valence-corrected chi connectivity index (χ4v) is 4.93. The first-order valence-electron chi connectivity index (χ1n) is 13.6. The quantitative estimate of drug-likeness (QED) is 0.245. The zero-order valence-corrected chi connectivity index (χ0v) is 25.2. The molecule has 0 unspecified atom stereocenters. The van der Waals surface area contributed by atoms with Gasteiger partial charge in [-0.05, 0) is 72.7 Å². The van der Waals surface area contributed by atoms with E-state index >= 15 is 0 Å². The number of nitrogens with one attached hydrogen (secondary N) is 1. The Balaban J connectivity index is 1.72. The number of rotatable bonds is 14. The van der Waals surface area contributed by atoms with Crippen molar-refractivity contribution < 1.29 is 28.6 Å². The van der Waals surface area contributed by atoms with Crippen LogP contribution in [0.25, 0.3) is 0 Å². The average molecular weight is 582 g/mol. The van der Waals surface area contributed by atoms with Gasteiger partial charge in [0.25, 0.3) is 0 Å². The van der Waals surface area contributed by atoms with Crippen LogP contribution in [-0.2, 0) is 22.5 Å². The zero-order valence-electron chi connectivity index (χ0n) is 24.3. The number of urea groups is 1. The molecule has 3 aromatic rings. The van der Waals surface area contributed by atoms with Gasteiger partial charge in [-0.3, -0.25) is 4.79 Å². The van der Waals surface area contributed by atoms with Gasteiger partial charge in [0.1, 0.15) is 6.54 Å². The lowest BCUT2D eigenvalue weighted by molar-refractivity contribution is -0.132. The summed E-state index contributed by atoms with van der Waals surface area (Å²) < 4.78 is 15.8. The molecule has 2 aromatic carbocycles. The van der Waals surface area contributed by atoms with E-state index in [4.69, 9.17) is 14.2 Å². The molecule has 1 aromatic heterocycles. The number of carbonyl (C=O) groups excluding carboxylic acids is 3. The zero-order chi connectivity index (χ0) is 29.8. The normalized spacial score (nSPS) is 10.7. The number of carbonyl (C=O) groups is 3. The first-order valence-corrected chi connectivity index (χ1v) is 14.5. The third-order valence-corrected chi connectivity index (χ3v) is 7.11. The molecule has 0 saturated carbocycles. The second-order valence-corrected chi connectivity index (χ2v) is 10.9. The molecule has 220 valence electrons. The van der Waals surface area contributed by atoms with Crippen molar-refractivity contribution in [3.8, 4) is 11.5 Å². The SMILES string of the molecule is CCOC(=O)c1ccc(NC(=O)N(CC(=O)N(CCc2ccc(OC)c(OC)c2)Cc2cccs2)CC(C)C)cc1. The molecule has 10 heteroatoms. The predicted molar refractivity (Wildman–Crippen MR) is 161 cm³/mol. The van der Waals surface area contributed by atoms with Crippen molar-refractivity contribution >= 4 is 34.9 Å². The molecule has 0 spiro atoms. The summed E-state index contributed by atoms with van der Waals surface area (Å²) in [6.45, 7) is 7.29. The number of amides is 3. The predicted octanol–water partition coefficient (Wildman–Crippen LogP) is 5.70. The smallest absolute Gasteiger partial charge is 0.338 e. The van der Waals surface area contributed by atoms with Crippen molar-refractivity contribution in [1.29, 1.82) is 0 Å². The van der Waals surface area contributed by atoms with E-state index in [9.17, 15) is 14.4 Å². The van der Waals surface area contributed by atoms with Crippen LogP contribution in [0.3, 0.4) is 0 Å². The Kier molecular flexibility index (Phi) is 12.0. The lowest BCUT2D eigenvalue weighted by Crippen LogP contribution is -2.46. The summed E-state index contributed by atoms with van der Waals surface area (Å²) in [5, 5.41) is 4.84. The fourth-order valence-electron chi connectivity index (χ4n) is 4.21. The van der Waals surface area contributed by atoms with Crippen molar-refractivity contribution in [2.24, 2.45) is 5.92 Å². The van der Waals surface area contributed by atoms with Crippen LogP contribution >= 0.6 is 11.3 Å². The second kappa shape index (κ2) is 15.7. The first kappa shape index (κ1) is 31.5. The van der Waals surface area contributed by atoms with E-state index < -0.39 is 5.97 Å². The van der Waals surface area contributed by atoms with E-state index in [0.29, 0.717) is 48.8 Å². The van der Waals surface area contributed by atoms with E-state index in [1.165, 1.54) is 4.90 Å². The number of benzene rings is 2. The summed E-state index contributed by atoms with van der Waals surface area (Å²) in [5.41, 5.74) is 1.93. The topological polar surface area (TPSA) is 97.4 Å². The number of esters is 1. The van der Waals surface area contributed by atoms with Gasteiger partial charge in [0.05, 0.1) is 32.9 Å². The number of ether oxygens (including phenoxy) is 3. The van der Waals surface area contributed by atoms with Gasteiger partial charge in [0, 0.05) is 23.7 Å². The van der Waals surface area contributed by atoms with Crippen LogP contribution in [0.5, 0.6) is 11.5 Å². The Morgan fingerprint density at radius 2 is 1.68 bits per heavy atom. The first-order chi connectivity index (χ1) is 19.7. The van der Waals surface area contributed by atoms with Gasteiger partial charge in [-0.15, -0.1) is 11.3 Å². The summed E-state index contributed by atoms with van der Waals surface area (Å²) in [4.78, 5) is 43.3. The third-order valence-electron chi connectivity index (χ3n) is 6.24. The van der Waals surface area contributed by atoms with Gasteiger partial charge < -0.3 is 29.3 Å². The molecule has 0 bridgehead atoms. The van der Waals surface area contributed by atoms with Crippen LogP contribution in [0.4, 0.5) is 10.5 Å². The van der Waals surface area contributed by atoms with Crippen LogP contribution in [0.1, 0.15) is 41.6 Å². The minimum Gasteiger partial charge on any atom is -0.493 e. The van der Waals surface area contributed by atoms with Crippen molar-refractivity contribution in [2.75, 3.05) is 45.8 Å². The maximum absolute atomic E-state index is 13.7. The Morgan fingerprint density at radius 1 is 0.951 bits per heavy atom. The molecule has 0 atom stereocenters. The van der Waals surface area contributed by atoms with Crippen molar-refractivity contribution in [2.45, 2.75) is 33.7 Å². The Bertz CT molecular complexity index is 1280. The number of thiophene rings is 1. The molecule has 0 fully saturated rings. The summed E-state index contributed by atoms with van der Waals surface area (Å²) in [6.07, 6.45) is 0.612. The van der Waals surface area contributed by atoms with E-state index in [2.05, 4.69) is 5.32 Å². The molecule has 0 aliphatic heterocycles. The van der Waals surface area contributed by atoms with Gasteiger partial charge >= 0.3 is 12.0 Å². The number of anilines is 1. The van der Waals surface area contributed by atoms with E-state index in [-0.39, 0.29) is 31.0 Å². The van der Waals surface area contributed by atoms with Gasteiger partial charge in [-0.1, -0.05) is 26.0 Å². The highest BCUT2D eigenvalue weighted by Gasteiger charge is 2.23. The van der Waals surface area contributed by atoms with Crippen LogP contribution in [0.2, 0.25) is 0 Å². The minimum absolute atomic E-state index is 0.0672. The molecule has 9 nitrogen and oxygen atoms in total. The minimum atomic E-state index is -0.420. The van der Waals surface area contributed by atoms with Crippen molar-refractivity contribution in [3.05, 3.63) is 76.0 Å². The van der Waals surface area contributed by atoms with Gasteiger partial charge in [-0.2, -0.15) is 0 Å². The molecular formula is C31H39N3O6S. The maximum atomic E-state index is 13.7. The summed E-state index contributed by atoms with van der Waals surface area (Å²) in [7, 11) is 3.19. The fraction of sp³-hybridized carbons (Fsp3) is 0.387. The van der Waals surface area contributed by atoms with E-state index in [1.807, 2.05) is 49.6 Å². The highest BCUT2D eigenvalue weighted by atomic mass is 32.1. The molecular weight excluding hydrogens is 542 g/mol. The molecule has 3 rings (SSSR count). The van der Waals surface area contributed by atoms with Crippen molar-refractivity contribution in [1.82, 2.24) is 9.80 Å². The average Bonchev–Trinajstić information content (AvgIpc) is 3.48. The van der Waals surface area contributed by atoms with Crippen molar-refractivity contribution in [3.63, 3.8) is 0 Å². The molecule has 0 aliphatic rings. The molecule has 41 heavy (non-hydrogen) atoms. The Labute approximate surface area is 246 Å². The van der Waals surface area contributed by atoms with E-state index in [1.54, 1.807) is 61.6 Å². The maximum Gasteiger partial charge on any atom is 0.338 e. The van der Waals surface area contributed by atoms with Crippen LogP contribution < -0.4 is 14.8 Å². The molecule has 1 N–H and O–H groups in total. The molecule has 3 amide bonds. The third kappa shape index (κ3) is 9.53. The summed E-state index contributed by atoms with van der Waals surface area (Å²) in [5.74, 6) is 0.866. The summed E-state index contributed by atoms with van der Waals surface area (Å²) in [6, 6.07) is 15.8. The number of hydrogen-bond acceptors (Lipinski definition) is 7. The number of methoxy groups -OCH3 is 2. The Hall–Kier alpha value is -4.05. The molecule has 1 heterocycles. The number of nitrogens with zero attached hydrogens (tertiary/aromatic N) is 2. The van der Waals surface area contributed by atoms with Crippen LogP contribution in [0.15, 0.2) is 60.0 Å². The largest absolute Gasteiger partial charge is 0.493 e. The number of hydrogen-bond donors (Lipinski definition) is 1.